The smallest absolute Gasteiger partial charge is 0.253 e. The van der Waals surface area contributed by atoms with Crippen molar-refractivity contribution < 1.29 is 14.3 Å². The van der Waals surface area contributed by atoms with E-state index in [1.807, 2.05) is 24.3 Å². The van der Waals surface area contributed by atoms with Crippen molar-refractivity contribution in [1.29, 1.82) is 0 Å². The Hall–Kier alpha value is -1.55. The maximum absolute atomic E-state index is 11.9. The lowest BCUT2D eigenvalue weighted by atomic mass is 10.1. The maximum Gasteiger partial charge on any atom is 0.253 e. The predicted molar refractivity (Wildman–Crippen MR) is 65.2 cm³/mol. The molecule has 1 saturated heterocycles. The second-order valence-corrected chi connectivity index (χ2v) is 4.07. The first-order chi connectivity index (χ1) is 8.29. The van der Waals surface area contributed by atoms with Gasteiger partial charge in [0.2, 0.25) is 0 Å². The summed E-state index contributed by atoms with van der Waals surface area (Å²) in [7, 11) is 1.61. The summed E-state index contributed by atoms with van der Waals surface area (Å²) < 4.78 is 10.5. The Morgan fingerprint density at radius 1 is 1.35 bits per heavy atom. The minimum atomic E-state index is -0.300. The lowest BCUT2D eigenvalue weighted by Gasteiger charge is -2.21. The summed E-state index contributed by atoms with van der Waals surface area (Å²) in [6, 6.07) is 7.27. The second-order valence-electron chi connectivity index (χ2n) is 4.07. The van der Waals surface area contributed by atoms with E-state index >= 15 is 0 Å². The number of benzene rings is 1. The van der Waals surface area contributed by atoms with Crippen LogP contribution >= 0.6 is 0 Å². The van der Waals surface area contributed by atoms with Gasteiger partial charge in [0.1, 0.15) is 11.9 Å². The van der Waals surface area contributed by atoms with E-state index in [0.29, 0.717) is 6.61 Å². The summed E-state index contributed by atoms with van der Waals surface area (Å²) in [5, 5.41) is 2.84. The number of hydrogen-bond donors (Lipinski definition) is 1. The van der Waals surface area contributed by atoms with Crippen molar-refractivity contribution in [3.05, 3.63) is 24.3 Å². The van der Waals surface area contributed by atoms with Gasteiger partial charge in [0.15, 0.2) is 0 Å². The van der Waals surface area contributed by atoms with Crippen molar-refractivity contribution >= 4 is 11.6 Å². The summed E-state index contributed by atoms with van der Waals surface area (Å²) in [6.45, 7) is 0.681. The molecule has 1 fully saturated rings. The molecule has 0 aromatic heterocycles. The number of methoxy groups -OCH3 is 1. The molecule has 1 aromatic rings. The number of rotatable bonds is 3. The van der Waals surface area contributed by atoms with Crippen LogP contribution < -0.4 is 10.1 Å². The van der Waals surface area contributed by atoms with Gasteiger partial charge >= 0.3 is 0 Å². The molecule has 4 nitrogen and oxygen atoms in total. The summed E-state index contributed by atoms with van der Waals surface area (Å²) in [5.74, 6) is 0.715. The first kappa shape index (κ1) is 11.9. The zero-order valence-corrected chi connectivity index (χ0v) is 9.94. The van der Waals surface area contributed by atoms with Gasteiger partial charge in [-0.25, -0.2) is 0 Å². The highest BCUT2D eigenvalue weighted by Crippen LogP contribution is 2.18. The van der Waals surface area contributed by atoms with E-state index in [1.165, 1.54) is 0 Å². The molecule has 1 aliphatic rings. The number of carbonyl (C=O) groups is 1. The molecule has 1 N–H and O–H groups in total. The first-order valence-corrected chi connectivity index (χ1v) is 5.86. The number of hydrogen-bond acceptors (Lipinski definition) is 3. The Balaban J connectivity index is 1.92. The van der Waals surface area contributed by atoms with Crippen LogP contribution in [0, 0.1) is 0 Å². The normalized spacial score (nSPS) is 19.7. The van der Waals surface area contributed by atoms with Crippen molar-refractivity contribution in [2.75, 3.05) is 19.0 Å². The average Bonchev–Trinajstić information content (AvgIpc) is 2.40. The van der Waals surface area contributed by atoms with Crippen LogP contribution in [-0.2, 0) is 9.53 Å². The van der Waals surface area contributed by atoms with Crippen LogP contribution in [0.15, 0.2) is 24.3 Å². The summed E-state index contributed by atoms with van der Waals surface area (Å²) in [5.41, 5.74) is 0.768. The molecule has 0 radical (unpaired) electrons. The van der Waals surface area contributed by atoms with Crippen LogP contribution in [0.1, 0.15) is 19.3 Å². The Morgan fingerprint density at radius 2 is 2.12 bits per heavy atom. The number of ether oxygens (including phenoxy) is 2. The van der Waals surface area contributed by atoms with Crippen LogP contribution in [0.3, 0.4) is 0 Å². The van der Waals surface area contributed by atoms with Crippen molar-refractivity contribution in [3.63, 3.8) is 0 Å². The monoisotopic (exact) mass is 235 g/mol. The maximum atomic E-state index is 11.9. The van der Waals surface area contributed by atoms with Crippen LogP contribution in [0.5, 0.6) is 5.75 Å². The molecule has 0 bridgehead atoms. The van der Waals surface area contributed by atoms with Crippen molar-refractivity contribution in [2.45, 2.75) is 25.4 Å². The van der Waals surface area contributed by atoms with Gasteiger partial charge < -0.3 is 14.8 Å². The van der Waals surface area contributed by atoms with E-state index in [2.05, 4.69) is 5.32 Å². The van der Waals surface area contributed by atoms with Crippen molar-refractivity contribution in [3.8, 4) is 5.75 Å². The van der Waals surface area contributed by atoms with Crippen LogP contribution in [0.25, 0.3) is 0 Å². The minimum absolute atomic E-state index is 0.0603. The van der Waals surface area contributed by atoms with E-state index in [0.717, 1.165) is 30.7 Å². The zero-order chi connectivity index (χ0) is 12.1. The van der Waals surface area contributed by atoms with Crippen LogP contribution in [0.2, 0.25) is 0 Å². The fourth-order valence-electron chi connectivity index (χ4n) is 1.84. The number of anilines is 1. The molecule has 0 spiro atoms. The Bertz CT molecular complexity index is 369. The summed E-state index contributed by atoms with van der Waals surface area (Å²) in [4.78, 5) is 11.9. The molecule has 1 aliphatic heterocycles. The highest BCUT2D eigenvalue weighted by Gasteiger charge is 2.21. The molecule has 92 valence electrons. The summed E-state index contributed by atoms with van der Waals surface area (Å²) >= 11 is 0. The van der Waals surface area contributed by atoms with E-state index in [9.17, 15) is 4.79 Å². The van der Waals surface area contributed by atoms with E-state index in [4.69, 9.17) is 9.47 Å². The minimum Gasteiger partial charge on any atom is -0.497 e. The van der Waals surface area contributed by atoms with Gasteiger partial charge in [-0.1, -0.05) is 0 Å². The lowest BCUT2D eigenvalue weighted by Crippen LogP contribution is -2.33. The first-order valence-electron chi connectivity index (χ1n) is 5.86. The lowest BCUT2D eigenvalue weighted by molar-refractivity contribution is -0.129. The SMILES string of the molecule is COc1ccc(NC(=O)C2CCCCO2)cc1. The molecule has 1 aromatic carbocycles. The Labute approximate surface area is 101 Å². The molecule has 0 aliphatic carbocycles. The number of amides is 1. The Morgan fingerprint density at radius 3 is 2.71 bits per heavy atom. The summed E-state index contributed by atoms with van der Waals surface area (Å²) in [6.07, 6.45) is 2.61. The van der Waals surface area contributed by atoms with E-state index < -0.39 is 0 Å². The highest BCUT2D eigenvalue weighted by molar-refractivity contribution is 5.94. The van der Waals surface area contributed by atoms with Gasteiger partial charge in [0.05, 0.1) is 7.11 Å². The van der Waals surface area contributed by atoms with Crippen molar-refractivity contribution in [1.82, 2.24) is 0 Å². The molecule has 2 rings (SSSR count). The van der Waals surface area contributed by atoms with Crippen LogP contribution in [0.4, 0.5) is 5.69 Å². The van der Waals surface area contributed by atoms with Gasteiger partial charge in [0.25, 0.3) is 5.91 Å². The molecular formula is C13H17NO3. The average molecular weight is 235 g/mol. The molecule has 17 heavy (non-hydrogen) atoms. The fraction of sp³-hybridized carbons (Fsp3) is 0.462. The predicted octanol–water partition coefficient (Wildman–Crippen LogP) is 2.20. The third kappa shape index (κ3) is 3.20. The number of carbonyl (C=O) groups excluding carboxylic acids is 1. The van der Waals surface area contributed by atoms with Gasteiger partial charge in [-0.05, 0) is 43.5 Å². The third-order valence-corrected chi connectivity index (χ3v) is 2.83. The molecule has 4 heteroatoms. The molecule has 1 heterocycles. The van der Waals surface area contributed by atoms with Gasteiger partial charge in [-0.2, -0.15) is 0 Å². The number of nitrogens with one attached hydrogen (secondary N) is 1. The van der Waals surface area contributed by atoms with Gasteiger partial charge in [-0.15, -0.1) is 0 Å². The van der Waals surface area contributed by atoms with Gasteiger partial charge in [-0.3, -0.25) is 4.79 Å². The Kier molecular flexibility index (Phi) is 3.98. The topological polar surface area (TPSA) is 47.6 Å². The fourth-order valence-corrected chi connectivity index (χ4v) is 1.84. The molecule has 1 unspecified atom stereocenters. The third-order valence-electron chi connectivity index (χ3n) is 2.83. The van der Waals surface area contributed by atoms with Crippen LogP contribution in [-0.4, -0.2) is 25.7 Å². The largest absolute Gasteiger partial charge is 0.497 e. The van der Waals surface area contributed by atoms with E-state index in [-0.39, 0.29) is 12.0 Å². The van der Waals surface area contributed by atoms with Gasteiger partial charge in [0, 0.05) is 12.3 Å². The standard InChI is InChI=1S/C13H17NO3/c1-16-11-7-5-10(6-8-11)14-13(15)12-4-2-3-9-17-12/h5-8,12H,2-4,9H2,1H3,(H,14,15). The zero-order valence-electron chi connectivity index (χ0n) is 9.94. The molecule has 1 atom stereocenters. The van der Waals surface area contributed by atoms with E-state index in [1.54, 1.807) is 7.11 Å². The molecule has 1 amide bonds. The quantitative estimate of drug-likeness (QED) is 0.873. The molecule has 0 saturated carbocycles. The second kappa shape index (κ2) is 5.68. The molecular weight excluding hydrogens is 218 g/mol. The van der Waals surface area contributed by atoms with Crippen molar-refractivity contribution in [2.24, 2.45) is 0 Å². The highest BCUT2D eigenvalue weighted by atomic mass is 16.5.